The standard InChI is InChI=1S/C14H16N2O2/c1-18-14-8-6-13(7-9-14)16-15-12-4-2-11(10-17)3-5-12/h2-9,15-17H,10H2,1H3. The number of nitrogens with one attached hydrogen (secondary N) is 2. The summed E-state index contributed by atoms with van der Waals surface area (Å²) in [6.07, 6.45) is 0. The van der Waals surface area contributed by atoms with E-state index in [0.29, 0.717) is 0 Å². The zero-order chi connectivity index (χ0) is 12.8. The van der Waals surface area contributed by atoms with Crippen molar-refractivity contribution in [2.75, 3.05) is 18.0 Å². The molecule has 0 spiro atoms. The number of aliphatic hydroxyl groups excluding tert-OH is 1. The number of anilines is 2. The van der Waals surface area contributed by atoms with Crippen LogP contribution in [-0.4, -0.2) is 12.2 Å². The van der Waals surface area contributed by atoms with E-state index in [1.165, 1.54) is 0 Å². The van der Waals surface area contributed by atoms with Gasteiger partial charge in [0, 0.05) is 0 Å². The maximum absolute atomic E-state index is 8.94. The minimum Gasteiger partial charge on any atom is -0.497 e. The average molecular weight is 244 g/mol. The lowest BCUT2D eigenvalue weighted by molar-refractivity contribution is 0.282. The summed E-state index contributed by atoms with van der Waals surface area (Å²) in [6.45, 7) is 0.0617. The van der Waals surface area contributed by atoms with E-state index in [-0.39, 0.29) is 6.61 Å². The maximum atomic E-state index is 8.94. The van der Waals surface area contributed by atoms with Gasteiger partial charge >= 0.3 is 0 Å². The third-order valence-corrected chi connectivity index (χ3v) is 2.58. The minimum atomic E-state index is 0.0617. The van der Waals surface area contributed by atoms with Crippen molar-refractivity contribution in [1.29, 1.82) is 0 Å². The van der Waals surface area contributed by atoms with Crippen LogP contribution in [0.25, 0.3) is 0 Å². The Morgan fingerprint density at radius 3 is 1.83 bits per heavy atom. The average Bonchev–Trinajstić information content (AvgIpc) is 2.46. The fourth-order valence-corrected chi connectivity index (χ4v) is 1.51. The zero-order valence-corrected chi connectivity index (χ0v) is 10.2. The molecule has 3 N–H and O–H groups in total. The van der Waals surface area contributed by atoms with Gasteiger partial charge in [0.25, 0.3) is 0 Å². The first-order valence-corrected chi connectivity index (χ1v) is 5.67. The summed E-state index contributed by atoms with van der Waals surface area (Å²) in [6, 6.07) is 15.2. The van der Waals surface area contributed by atoms with Gasteiger partial charge in [-0.05, 0) is 42.0 Å². The second-order valence-corrected chi connectivity index (χ2v) is 3.83. The molecule has 2 rings (SSSR count). The van der Waals surface area contributed by atoms with Gasteiger partial charge in [-0.3, -0.25) is 0 Å². The normalized spacial score (nSPS) is 9.89. The van der Waals surface area contributed by atoms with Gasteiger partial charge in [-0.1, -0.05) is 12.1 Å². The van der Waals surface area contributed by atoms with Crippen molar-refractivity contribution in [2.45, 2.75) is 6.61 Å². The van der Waals surface area contributed by atoms with Crippen molar-refractivity contribution < 1.29 is 9.84 Å². The van der Waals surface area contributed by atoms with E-state index in [1.54, 1.807) is 7.11 Å². The van der Waals surface area contributed by atoms with Crippen LogP contribution in [0.5, 0.6) is 5.75 Å². The van der Waals surface area contributed by atoms with Crippen LogP contribution >= 0.6 is 0 Å². The second kappa shape index (κ2) is 5.93. The first-order chi connectivity index (χ1) is 8.81. The fraction of sp³-hybridized carbons (Fsp3) is 0.143. The topological polar surface area (TPSA) is 53.5 Å². The number of ether oxygens (including phenoxy) is 1. The predicted molar refractivity (Wildman–Crippen MR) is 72.6 cm³/mol. The van der Waals surface area contributed by atoms with Gasteiger partial charge in [0.05, 0.1) is 25.1 Å². The first-order valence-electron chi connectivity index (χ1n) is 5.67. The molecule has 0 unspecified atom stereocenters. The monoisotopic (exact) mass is 244 g/mol. The van der Waals surface area contributed by atoms with Gasteiger partial charge in [-0.25, -0.2) is 0 Å². The highest BCUT2D eigenvalue weighted by atomic mass is 16.5. The van der Waals surface area contributed by atoms with E-state index in [9.17, 15) is 0 Å². The molecule has 18 heavy (non-hydrogen) atoms. The van der Waals surface area contributed by atoms with Crippen LogP contribution in [0, 0.1) is 0 Å². The van der Waals surface area contributed by atoms with Crippen LogP contribution in [0.2, 0.25) is 0 Å². The summed E-state index contributed by atoms with van der Waals surface area (Å²) in [4.78, 5) is 0. The zero-order valence-electron chi connectivity index (χ0n) is 10.2. The maximum Gasteiger partial charge on any atom is 0.119 e. The number of rotatable bonds is 5. The number of hydrazine groups is 1. The molecule has 0 aliphatic carbocycles. The predicted octanol–water partition coefficient (Wildman–Crippen LogP) is 2.63. The van der Waals surface area contributed by atoms with Crippen molar-refractivity contribution in [1.82, 2.24) is 0 Å². The van der Waals surface area contributed by atoms with Crippen molar-refractivity contribution >= 4 is 11.4 Å². The van der Waals surface area contributed by atoms with E-state index >= 15 is 0 Å². The Morgan fingerprint density at radius 1 is 0.889 bits per heavy atom. The van der Waals surface area contributed by atoms with Crippen molar-refractivity contribution in [3.63, 3.8) is 0 Å². The molecule has 2 aromatic carbocycles. The first kappa shape index (κ1) is 12.3. The summed E-state index contributed by atoms with van der Waals surface area (Å²) in [5.41, 5.74) is 8.93. The van der Waals surface area contributed by atoms with Crippen molar-refractivity contribution in [3.8, 4) is 5.75 Å². The molecule has 0 saturated carbocycles. The molecule has 2 aromatic rings. The summed E-state index contributed by atoms with van der Waals surface area (Å²) in [7, 11) is 1.64. The number of aliphatic hydroxyl groups is 1. The Bertz CT molecular complexity index is 433. The third kappa shape index (κ3) is 3.15. The van der Waals surface area contributed by atoms with E-state index in [0.717, 1.165) is 22.7 Å². The smallest absolute Gasteiger partial charge is 0.119 e. The van der Waals surface area contributed by atoms with Crippen LogP contribution in [0.15, 0.2) is 48.5 Å². The van der Waals surface area contributed by atoms with Crippen LogP contribution in [0.1, 0.15) is 5.56 Å². The molecule has 0 aliphatic heterocycles. The summed E-state index contributed by atoms with van der Waals surface area (Å²) >= 11 is 0. The lowest BCUT2D eigenvalue weighted by Crippen LogP contribution is -2.08. The van der Waals surface area contributed by atoms with E-state index in [2.05, 4.69) is 10.9 Å². The van der Waals surface area contributed by atoms with Crippen LogP contribution in [0.4, 0.5) is 11.4 Å². The molecule has 0 heterocycles. The molecule has 0 aliphatic rings. The van der Waals surface area contributed by atoms with Gasteiger partial charge < -0.3 is 20.7 Å². The number of hydrogen-bond donors (Lipinski definition) is 3. The Kier molecular flexibility index (Phi) is 4.04. The number of benzene rings is 2. The molecule has 94 valence electrons. The van der Waals surface area contributed by atoms with Gasteiger partial charge in [0.15, 0.2) is 0 Å². The molecule has 4 heteroatoms. The quantitative estimate of drug-likeness (QED) is 0.708. The van der Waals surface area contributed by atoms with Gasteiger partial charge in [-0.2, -0.15) is 0 Å². The highest BCUT2D eigenvalue weighted by molar-refractivity contribution is 5.53. The van der Waals surface area contributed by atoms with E-state index < -0.39 is 0 Å². The minimum absolute atomic E-state index is 0.0617. The molecular weight excluding hydrogens is 228 g/mol. The highest BCUT2D eigenvalue weighted by Crippen LogP contribution is 2.16. The van der Waals surface area contributed by atoms with Gasteiger partial charge in [0.2, 0.25) is 0 Å². The molecular formula is C14H16N2O2. The van der Waals surface area contributed by atoms with E-state index in [1.807, 2.05) is 48.5 Å². The Balaban J connectivity index is 1.93. The number of methoxy groups -OCH3 is 1. The lowest BCUT2D eigenvalue weighted by atomic mass is 10.2. The summed E-state index contributed by atoms with van der Waals surface area (Å²) in [5, 5.41) is 8.94. The molecule has 0 radical (unpaired) electrons. The molecule has 0 saturated heterocycles. The Morgan fingerprint density at radius 2 is 1.39 bits per heavy atom. The highest BCUT2D eigenvalue weighted by Gasteiger charge is 1.95. The lowest BCUT2D eigenvalue weighted by Gasteiger charge is -2.10. The van der Waals surface area contributed by atoms with Crippen LogP contribution in [0.3, 0.4) is 0 Å². The van der Waals surface area contributed by atoms with Crippen molar-refractivity contribution in [3.05, 3.63) is 54.1 Å². The van der Waals surface area contributed by atoms with Gasteiger partial charge in [0.1, 0.15) is 5.75 Å². The SMILES string of the molecule is COc1ccc(NNc2ccc(CO)cc2)cc1. The summed E-state index contributed by atoms with van der Waals surface area (Å²) < 4.78 is 5.09. The molecule has 0 bridgehead atoms. The van der Waals surface area contributed by atoms with Crippen LogP contribution in [-0.2, 0) is 6.61 Å². The fourth-order valence-electron chi connectivity index (χ4n) is 1.51. The molecule has 4 nitrogen and oxygen atoms in total. The second-order valence-electron chi connectivity index (χ2n) is 3.83. The van der Waals surface area contributed by atoms with Crippen molar-refractivity contribution in [2.24, 2.45) is 0 Å². The summed E-state index contributed by atoms with van der Waals surface area (Å²) in [5.74, 6) is 0.827. The molecule has 0 aromatic heterocycles. The largest absolute Gasteiger partial charge is 0.497 e. The number of hydrogen-bond acceptors (Lipinski definition) is 4. The van der Waals surface area contributed by atoms with Crippen LogP contribution < -0.4 is 15.6 Å². The third-order valence-electron chi connectivity index (χ3n) is 2.58. The molecule has 0 fully saturated rings. The Hall–Kier alpha value is -2.20. The van der Waals surface area contributed by atoms with E-state index in [4.69, 9.17) is 9.84 Å². The van der Waals surface area contributed by atoms with Gasteiger partial charge in [-0.15, -0.1) is 0 Å². The Labute approximate surface area is 106 Å². The molecule has 0 amide bonds. The molecule has 0 atom stereocenters.